The van der Waals surface area contributed by atoms with E-state index < -0.39 is 19.5 Å². The summed E-state index contributed by atoms with van der Waals surface area (Å²) in [6.07, 6.45) is 17.5. The SMILES string of the molecule is C[As](C)SCCCCCCCCCCCCCCCC(=O)O. The Kier molecular flexibility index (Phi) is 18.0. The Morgan fingerprint density at radius 3 is 1.45 bits per heavy atom. The minimum absolute atomic E-state index is 0.345. The molecule has 0 unspecified atom stereocenters. The minimum Gasteiger partial charge on any atom is -0.481 e. The van der Waals surface area contributed by atoms with E-state index in [0.717, 1.165) is 12.8 Å². The van der Waals surface area contributed by atoms with Crippen LogP contribution in [0, 0.1) is 0 Å². The molecule has 0 saturated carbocycles. The monoisotopic (exact) mass is 392 g/mol. The van der Waals surface area contributed by atoms with Crippen LogP contribution in [-0.2, 0) is 4.79 Å². The smallest absolute Gasteiger partial charge is 0.481 e. The van der Waals surface area contributed by atoms with Crippen molar-refractivity contribution >= 4 is 29.5 Å². The average Bonchev–Trinajstić information content (AvgIpc) is 2.46. The predicted octanol–water partition coefficient (Wildman–Crippen LogP) is 6.52. The molecular formula is C18H37AsO2S. The van der Waals surface area contributed by atoms with Crippen molar-refractivity contribution in [3.63, 3.8) is 0 Å². The maximum absolute atomic E-state index is 10.4. The third-order valence-electron chi connectivity index (χ3n) is 3.88. The second-order valence-corrected chi connectivity index (χ2v) is 15.9. The van der Waals surface area contributed by atoms with E-state index in [1.807, 2.05) is 0 Å². The molecule has 0 aliphatic carbocycles. The molecule has 0 aromatic carbocycles. The number of aliphatic carboxylic acids is 1. The standard InChI is InChI=1S/C18H37AsO2S/c1-19(2)22-17-15-13-11-9-7-5-3-4-6-8-10-12-14-16-18(20)21/h3-17H2,1-2H3,(H,20,21). The van der Waals surface area contributed by atoms with Crippen molar-refractivity contribution in [2.45, 2.75) is 101 Å². The molecular weight excluding hydrogens is 355 g/mol. The molecule has 0 aliphatic rings. The van der Waals surface area contributed by atoms with E-state index in [2.05, 4.69) is 21.4 Å². The van der Waals surface area contributed by atoms with Crippen LogP contribution in [0.3, 0.4) is 0 Å². The number of carbonyl (C=O) groups is 1. The number of carboxylic acids is 1. The first-order chi connectivity index (χ1) is 10.6. The van der Waals surface area contributed by atoms with Gasteiger partial charge in [0.15, 0.2) is 0 Å². The van der Waals surface area contributed by atoms with Crippen LogP contribution >= 0.6 is 10.0 Å². The zero-order chi connectivity index (χ0) is 16.5. The molecule has 0 rings (SSSR count). The van der Waals surface area contributed by atoms with E-state index in [0.29, 0.717) is 6.42 Å². The Morgan fingerprint density at radius 1 is 0.727 bits per heavy atom. The van der Waals surface area contributed by atoms with E-state index in [1.54, 1.807) is 0 Å². The summed E-state index contributed by atoms with van der Waals surface area (Å²) in [6.45, 7) is 0. The molecule has 2 nitrogen and oxygen atoms in total. The molecule has 0 bridgehead atoms. The maximum atomic E-state index is 10.4. The van der Waals surface area contributed by atoms with Gasteiger partial charge in [0, 0.05) is 6.42 Å². The van der Waals surface area contributed by atoms with Gasteiger partial charge in [-0.15, -0.1) is 0 Å². The number of unbranched alkanes of at least 4 members (excludes halogenated alkanes) is 12. The molecule has 0 saturated heterocycles. The van der Waals surface area contributed by atoms with Gasteiger partial charge in [-0.05, 0) is 6.42 Å². The molecule has 4 heteroatoms. The molecule has 0 amide bonds. The van der Waals surface area contributed by atoms with E-state index in [1.165, 1.54) is 76.4 Å². The van der Waals surface area contributed by atoms with Gasteiger partial charge in [0.2, 0.25) is 0 Å². The number of hydrogen-bond donors (Lipinski definition) is 1. The van der Waals surface area contributed by atoms with Gasteiger partial charge >= 0.3 is 111 Å². The first kappa shape index (κ1) is 22.4. The van der Waals surface area contributed by atoms with Gasteiger partial charge in [-0.2, -0.15) is 0 Å². The van der Waals surface area contributed by atoms with Crippen LogP contribution in [0.15, 0.2) is 0 Å². The van der Waals surface area contributed by atoms with E-state index in [4.69, 9.17) is 5.11 Å². The van der Waals surface area contributed by atoms with E-state index >= 15 is 0 Å². The van der Waals surface area contributed by atoms with Gasteiger partial charge in [0.1, 0.15) is 0 Å². The van der Waals surface area contributed by atoms with Gasteiger partial charge in [-0.3, -0.25) is 4.79 Å². The van der Waals surface area contributed by atoms with E-state index in [9.17, 15) is 4.79 Å². The van der Waals surface area contributed by atoms with Gasteiger partial charge in [-0.25, -0.2) is 0 Å². The van der Waals surface area contributed by atoms with Crippen LogP contribution in [0.2, 0.25) is 11.4 Å². The van der Waals surface area contributed by atoms with Crippen LogP contribution in [-0.4, -0.2) is 30.3 Å². The second kappa shape index (κ2) is 17.7. The van der Waals surface area contributed by atoms with Crippen LogP contribution < -0.4 is 0 Å². The van der Waals surface area contributed by atoms with E-state index in [-0.39, 0.29) is 0 Å². The minimum atomic E-state index is -0.652. The van der Waals surface area contributed by atoms with Gasteiger partial charge in [-0.1, -0.05) is 12.8 Å². The van der Waals surface area contributed by atoms with Crippen LogP contribution in [0.25, 0.3) is 0 Å². The topological polar surface area (TPSA) is 37.3 Å². The Hall–Kier alpha value is 0.378. The molecule has 0 radical (unpaired) electrons. The zero-order valence-electron chi connectivity index (χ0n) is 14.8. The third-order valence-corrected chi connectivity index (χ3v) is 9.27. The summed E-state index contributed by atoms with van der Waals surface area (Å²) in [7, 11) is 2.23. The molecule has 0 fully saturated rings. The summed E-state index contributed by atoms with van der Waals surface area (Å²) in [6, 6.07) is 0. The summed E-state index contributed by atoms with van der Waals surface area (Å²) >= 11 is -0.434. The van der Waals surface area contributed by atoms with Crippen molar-refractivity contribution in [3.8, 4) is 0 Å². The molecule has 0 heterocycles. The summed E-state index contributed by atoms with van der Waals surface area (Å²) in [5, 5.41) is 8.54. The molecule has 22 heavy (non-hydrogen) atoms. The molecule has 0 atom stereocenters. The Labute approximate surface area is 146 Å². The normalized spacial score (nSPS) is 11.2. The zero-order valence-corrected chi connectivity index (χ0v) is 17.5. The van der Waals surface area contributed by atoms with Crippen molar-refractivity contribution < 1.29 is 9.90 Å². The molecule has 0 aromatic rings. The third kappa shape index (κ3) is 20.4. The fraction of sp³-hybridized carbons (Fsp3) is 0.944. The number of hydrogen-bond acceptors (Lipinski definition) is 2. The molecule has 1 N–H and O–H groups in total. The van der Waals surface area contributed by atoms with Crippen molar-refractivity contribution in [3.05, 3.63) is 0 Å². The van der Waals surface area contributed by atoms with Gasteiger partial charge in [0.05, 0.1) is 0 Å². The number of carboxylic acid groups (broad SMARTS) is 1. The summed E-state index contributed by atoms with van der Waals surface area (Å²) in [4.78, 5) is 10.4. The molecule has 0 aliphatic heterocycles. The average molecular weight is 392 g/mol. The quantitative estimate of drug-likeness (QED) is 0.226. The summed E-state index contributed by atoms with van der Waals surface area (Å²) in [5.41, 5.74) is 4.85. The predicted molar refractivity (Wildman–Crippen MR) is 102 cm³/mol. The van der Waals surface area contributed by atoms with Crippen molar-refractivity contribution in [1.82, 2.24) is 0 Å². The Balaban J connectivity index is 2.98. The Bertz CT molecular complexity index is 247. The van der Waals surface area contributed by atoms with Crippen molar-refractivity contribution in [2.75, 3.05) is 5.75 Å². The van der Waals surface area contributed by atoms with Crippen LogP contribution in [0.1, 0.15) is 89.9 Å². The molecule has 132 valence electrons. The Morgan fingerprint density at radius 2 is 1.09 bits per heavy atom. The van der Waals surface area contributed by atoms with Crippen LogP contribution in [0.5, 0.6) is 0 Å². The van der Waals surface area contributed by atoms with Crippen molar-refractivity contribution in [1.29, 1.82) is 0 Å². The van der Waals surface area contributed by atoms with Gasteiger partial charge in [0.25, 0.3) is 0 Å². The fourth-order valence-electron chi connectivity index (χ4n) is 2.57. The molecule has 0 aromatic heterocycles. The summed E-state index contributed by atoms with van der Waals surface area (Å²) in [5.74, 6) is 0.750. The number of rotatable bonds is 17. The second-order valence-electron chi connectivity index (χ2n) is 6.39. The fourth-order valence-corrected chi connectivity index (χ4v) is 6.38. The van der Waals surface area contributed by atoms with Crippen LogP contribution in [0.4, 0.5) is 0 Å². The van der Waals surface area contributed by atoms with Crippen molar-refractivity contribution in [2.24, 2.45) is 0 Å². The first-order valence-corrected chi connectivity index (χ1v) is 16.1. The van der Waals surface area contributed by atoms with Gasteiger partial charge < -0.3 is 5.11 Å². The molecule has 0 spiro atoms. The first-order valence-electron chi connectivity index (χ1n) is 9.15. The summed E-state index contributed by atoms with van der Waals surface area (Å²) < 4.78 is 0.